The second-order valence-electron chi connectivity index (χ2n) is 10.2. The number of aromatic nitrogens is 2. The van der Waals surface area contributed by atoms with Crippen LogP contribution in [-0.4, -0.2) is 35.3 Å². The predicted octanol–water partition coefficient (Wildman–Crippen LogP) is 4.34. The van der Waals surface area contributed by atoms with E-state index in [9.17, 15) is 14.4 Å². The summed E-state index contributed by atoms with van der Waals surface area (Å²) < 4.78 is 13.8. The topological polar surface area (TPSA) is 91.6 Å². The van der Waals surface area contributed by atoms with Crippen LogP contribution in [0.25, 0.3) is 10.9 Å². The Morgan fingerprint density at radius 1 is 0.846 bits per heavy atom. The van der Waals surface area contributed by atoms with Crippen LogP contribution in [0.1, 0.15) is 52.0 Å². The molecule has 8 nitrogen and oxygen atoms in total. The maximum atomic E-state index is 13.9. The predicted molar refractivity (Wildman–Crippen MR) is 153 cm³/mol. The third-order valence-electron chi connectivity index (χ3n) is 6.86. The Kier molecular flexibility index (Phi) is 7.95. The Morgan fingerprint density at radius 3 is 2.00 bits per heavy atom. The van der Waals surface area contributed by atoms with Gasteiger partial charge in [0.25, 0.3) is 11.5 Å². The fourth-order valence-corrected chi connectivity index (χ4v) is 4.94. The number of rotatable bonds is 8. The number of nitrogens with zero attached hydrogens (tertiary/aromatic N) is 2. The lowest BCUT2D eigenvalue weighted by molar-refractivity contribution is 0.0943. The van der Waals surface area contributed by atoms with E-state index in [0.29, 0.717) is 28.0 Å². The Labute approximate surface area is 227 Å². The summed E-state index contributed by atoms with van der Waals surface area (Å²) in [6.07, 6.45) is 0. The Bertz CT molecular complexity index is 1640. The molecule has 0 aliphatic heterocycles. The van der Waals surface area contributed by atoms with Gasteiger partial charge in [0.2, 0.25) is 0 Å². The molecule has 1 N–H and O–H groups in total. The van der Waals surface area contributed by atoms with Gasteiger partial charge in [0.15, 0.2) is 11.5 Å². The molecule has 3 aromatic carbocycles. The van der Waals surface area contributed by atoms with Crippen LogP contribution < -0.4 is 26.0 Å². The van der Waals surface area contributed by atoms with Gasteiger partial charge in [-0.3, -0.25) is 18.7 Å². The molecule has 0 bridgehead atoms. The second-order valence-corrected chi connectivity index (χ2v) is 10.2. The largest absolute Gasteiger partial charge is 0.493 e. The van der Waals surface area contributed by atoms with Crippen LogP contribution in [0.2, 0.25) is 0 Å². The molecule has 1 amide bonds. The van der Waals surface area contributed by atoms with E-state index in [1.54, 1.807) is 41.0 Å². The summed E-state index contributed by atoms with van der Waals surface area (Å²) in [7, 11) is 3.03. The zero-order valence-electron chi connectivity index (χ0n) is 23.5. The molecule has 204 valence electrons. The number of aryl methyl sites for hydroxylation is 3. The summed E-state index contributed by atoms with van der Waals surface area (Å²) in [6, 6.07) is 14.4. The van der Waals surface area contributed by atoms with E-state index in [-0.39, 0.29) is 25.0 Å². The van der Waals surface area contributed by atoms with Crippen molar-refractivity contribution >= 4 is 16.8 Å². The van der Waals surface area contributed by atoms with Gasteiger partial charge in [0.05, 0.1) is 38.2 Å². The highest BCUT2D eigenvalue weighted by atomic mass is 16.5. The summed E-state index contributed by atoms with van der Waals surface area (Å²) in [5, 5.41) is 3.21. The number of hydrogen-bond acceptors (Lipinski definition) is 5. The highest BCUT2D eigenvalue weighted by Gasteiger charge is 2.19. The maximum absolute atomic E-state index is 13.9. The summed E-state index contributed by atoms with van der Waals surface area (Å²) >= 11 is 0. The van der Waals surface area contributed by atoms with Crippen molar-refractivity contribution in [2.75, 3.05) is 14.2 Å². The van der Waals surface area contributed by atoms with Crippen LogP contribution in [-0.2, 0) is 13.1 Å². The molecule has 1 heterocycles. The molecule has 0 fully saturated rings. The van der Waals surface area contributed by atoms with E-state index in [1.807, 2.05) is 34.6 Å². The highest BCUT2D eigenvalue weighted by Crippen LogP contribution is 2.31. The number of ether oxygens (including phenoxy) is 2. The summed E-state index contributed by atoms with van der Waals surface area (Å²) in [4.78, 5) is 40.0. The smallest absolute Gasteiger partial charge is 0.332 e. The van der Waals surface area contributed by atoms with Crippen molar-refractivity contribution in [1.82, 2.24) is 14.5 Å². The lowest BCUT2D eigenvalue weighted by Crippen LogP contribution is -2.40. The van der Waals surface area contributed by atoms with Crippen LogP contribution >= 0.6 is 0 Å². The van der Waals surface area contributed by atoms with Crippen molar-refractivity contribution in [3.05, 3.63) is 103 Å². The molecule has 0 aliphatic carbocycles. The SMILES string of the molecule is COc1cc2c(=O)n(Cc3ccc(C(=O)NC(C)C)cc3)c(=O)n(Cc3c(C)cc(C)cc3C)c2cc1OC. The van der Waals surface area contributed by atoms with Gasteiger partial charge in [0, 0.05) is 17.7 Å². The molecule has 0 saturated heterocycles. The number of fused-ring (bicyclic) bond motifs is 1. The van der Waals surface area contributed by atoms with Gasteiger partial charge in [-0.25, -0.2) is 4.79 Å². The first kappa shape index (κ1) is 27.7. The number of carbonyl (C=O) groups is 1. The second kappa shape index (κ2) is 11.2. The minimum atomic E-state index is -0.430. The number of benzene rings is 3. The molecular weight excluding hydrogens is 494 g/mol. The summed E-state index contributed by atoms with van der Waals surface area (Å²) in [5.74, 6) is 0.664. The summed E-state index contributed by atoms with van der Waals surface area (Å²) in [5.41, 5.74) is 5.16. The molecule has 0 saturated carbocycles. The van der Waals surface area contributed by atoms with Crippen LogP contribution in [0.4, 0.5) is 0 Å². The number of hydrogen-bond donors (Lipinski definition) is 1. The Hall–Kier alpha value is -4.33. The zero-order valence-corrected chi connectivity index (χ0v) is 23.5. The maximum Gasteiger partial charge on any atom is 0.332 e. The van der Waals surface area contributed by atoms with Crippen molar-refractivity contribution in [3.63, 3.8) is 0 Å². The first-order chi connectivity index (χ1) is 18.5. The first-order valence-electron chi connectivity index (χ1n) is 12.9. The Morgan fingerprint density at radius 2 is 1.44 bits per heavy atom. The standard InChI is InChI=1S/C31H35N3O5/c1-18(2)32-29(35)23-10-8-22(9-11-23)16-34-30(36)24-14-27(38-6)28(39-7)15-26(24)33(31(34)37)17-25-20(4)12-19(3)13-21(25)5/h8-15,18H,16-17H2,1-7H3,(H,32,35). The minimum Gasteiger partial charge on any atom is -0.493 e. The third kappa shape index (κ3) is 5.60. The highest BCUT2D eigenvalue weighted by molar-refractivity contribution is 5.94. The van der Waals surface area contributed by atoms with Gasteiger partial charge in [-0.15, -0.1) is 0 Å². The molecule has 0 aliphatic rings. The monoisotopic (exact) mass is 529 g/mol. The van der Waals surface area contributed by atoms with Crippen LogP contribution in [0.15, 0.2) is 58.1 Å². The van der Waals surface area contributed by atoms with E-state index >= 15 is 0 Å². The normalized spacial score (nSPS) is 11.2. The van der Waals surface area contributed by atoms with Crippen molar-refractivity contribution < 1.29 is 14.3 Å². The van der Waals surface area contributed by atoms with E-state index in [4.69, 9.17) is 9.47 Å². The van der Waals surface area contributed by atoms with E-state index < -0.39 is 11.2 Å². The van der Waals surface area contributed by atoms with Crippen LogP contribution in [0.3, 0.4) is 0 Å². The fourth-order valence-electron chi connectivity index (χ4n) is 4.94. The first-order valence-corrected chi connectivity index (χ1v) is 12.9. The number of nitrogens with one attached hydrogen (secondary N) is 1. The van der Waals surface area contributed by atoms with Gasteiger partial charge < -0.3 is 14.8 Å². The van der Waals surface area contributed by atoms with E-state index in [2.05, 4.69) is 17.4 Å². The van der Waals surface area contributed by atoms with Crippen LogP contribution in [0, 0.1) is 20.8 Å². The van der Waals surface area contributed by atoms with Gasteiger partial charge in [0.1, 0.15) is 0 Å². The Balaban J connectivity index is 1.88. The van der Waals surface area contributed by atoms with Crippen molar-refractivity contribution in [3.8, 4) is 11.5 Å². The van der Waals surface area contributed by atoms with Gasteiger partial charge in [-0.1, -0.05) is 29.8 Å². The van der Waals surface area contributed by atoms with Crippen molar-refractivity contribution in [2.24, 2.45) is 0 Å². The molecule has 0 unspecified atom stereocenters. The molecule has 0 atom stereocenters. The fraction of sp³-hybridized carbons (Fsp3) is 0.323. The van der Waals surface area contributed by atoms with E-state index in [1.165, 1.54) is 18.8 Å². The zero-order chi connectivity index (χ0) is 28.4. The van der Waals surface area contributed by atoms with Gasteiger partial charge in [-0.2, -0.15) is 0 Å². The number of methoxy groups -OCH3 is 2. The molecule has 39 heavy (non-hydrogen) atoms. The van der Waals surface area contributed by atoms with Crippen molar-refractivity contribution in [1.29, 1.82) is 0 Å². The summed E-state index contributed by atoms with van der Waals surface area (Å²) in [6.45, 7) is 10.2. The molecule has 4 rings (SSSR count). The van der Waals surface area contributed by atoms with Gasteiger partial charge >= 0.3 is 5.69 Å². The van der Waals surface area contributed by atoms with Crippen molar-refractivity contribution in [2.45, 2.75) is 53.8 Å². The quantitative estimate of drug-likeness (QED) is 0.367. The molecule has 0 radical (unpaired) electrons. The third-order valence-corrected chi connectivity index (χ3v) is 6.86. The molecule has 8 heteroatoms. The van der Waals surface area contributed by atoms with Gasteiger partial charge in [-0.05, 0) is 75.1 Å². The lowest BCUT2D eigenvalue weighted by atomic mass is 9.99. The average molecular weight is 530 g/mol. The van der Waals surface area contributed by atoms with Crippen LogP contribution in [0.5, 0.6) is 11.5 Å². The molecule has 0 spiro atoms. The average Bonchev–Trinajstić information content (AvgIpc) is 2.89. The number of amides is 1. The van der Waals surface area contributed by atoms with E-state index in [0.717, 1.165) is 27.8 Å². The lowest BCUT2D eigenvalue weighted by Gasteiger charge is -2.19. The molecular formula is C31H35N3O5. The number of carbonyl (C=O) groups excluding carboxylic acids is 1. The molecule has 4 aromatic rings. The minimum absolute atomic E-state index is 0.0169. The molecule has 1 aromatic heterocycles.